The third-order valence-corrected chi connectivity index (χ3v) is 4.66. The van der Waals surface area contributed by atoms with Gasteiger partial charge in [-0.25, -0.2) is 4.98 Å². The van der Waals surface area contributed by atoms with Crippen molar-refractivity contribution in [3.05, 3.63) is 46.8 Å². The van der Waals surface area contributed by atoms with E-state index in [0.29, 0.717) is 16.2 Å². The van der Waals surface area contributed by atoms with Crippen LogP contribution < -0.4 is 5.32 Å². The Balaban J connectivity index is 1.88. The zero-order valence-electron chi connectivity index (χ0n) is 14.3. The molecule has 1 N–H and O–H groups in total. The first-order valence-corrected chi connectivity index (χ1v) is 9.14. The van der Waals surface area contributed by atoms with Gasteiger partial charge in [-0.3, -0.25) is 10.1 Å². The molecular formula is C18H21BrN4O2. The van der Waals surface area contributed by atoms with E-state index in [-0.39, 0.29) is 5.91 Å². The van der Waals surface area contributed by atoms with Crippen molar-refractivity contribution in [3.8, 4) is 0 Å². The van der Waals surface area contributed by atoms with Crippen LogP contribution in [0.2, 0.25) is 0 Å². The van der Waals surface area contributed by atoms with E-state index in [0.717, 1.165) is 37.2 Å². The monoisotopic (exact) mass is 404 g/mol. The number of hydrogen-bond acceptors (Lipinski definition) is 4. The van der Waals surface area contributed by atoms with Gasteiger partial charge in [0.1, 0.15) is 6.26 Å². The van der Waals surface area contributed by atoms with Gasteiger partial charge in [0.15, 0.2) is 4.67 Å². The fourth-order valence-electron chi connectivity index (χ4n) is 2.78. The molecule has 132 valence electrons. The van der Waals surface area contributed by atoms with Gasteiger partial charge < -0.3 is 13.9 Å². The number of carbonyl (C=O) groups is 1. The maximum absolute atomic E-state index is 12.5. The summed E-state index contributed by atoms with van der Waals surface area (Å²) in [6.45, 7) is 7.94. The van der Waals surface area contributed by atoms with Crippen LogP contribution in [0.1, 0.15) is 24.2 Å². The molecule has 0 unspecified atom stereocenters. The zero-order chi connectivity index (χ0) is 17.8. The second-order valence-electron chi connectivity index (χ2n) is 5.70. The van der Waals surface area contributed by atoms with E-state index in [1.807, 2.05) is 24.3 Å². The summed E-state index contributed by atoms with van der Waals surface area (Å²) < 4.78 is 7.72. The van der Waals surface area contributed by atoms with Crippen LogP contribution in [0, 0.1) is 0 Å². The Morgan fingerprint density at radius 3 is 2.76 bits per heavy atom. The minimum absolute atomic E-state index is 0.242. The number of furan rings is 1. The Hall–Kier alpha value is -2.12. The van der Waals surface area contributed by atoms with Crippen molar-refractivity contribution >= 4 is 38.8 Å². The van der Waals surface area contributed by atoms with Gasteiger partial charge in [0.2, 0.25) is 5.95 Å². The number of nitrogens with one attached hydrogen (secondary N) is 1. The molecule has 3 rings (SSSR count). The SMILES string of the molecule is CCN(CC)CCn1c(NC(=O)c2coc(Br)c2)nc2ccccc21. The predicted octanol–water partition coefficient (Wildman–Crippen LogP) is 3.99. The first-order chi connectivity index (χ1) is 12.1. The second-order valence-corrected chi connectivity index (χ2v) is 6.48. The van der Waals surface area contributed by atoms with E-state index in [2.05, 4.69) is 49.5 Å². The molecule has 0 fully saturated rings. The minimum Gasteiger partial charge on any atom is -0.457 e. The molecule has 0 spiro atoms. The largest absolute Gasteiger partial charge is 0.457 e. The Morgan fingerprint density at radius 1 is 1.32 bits per heavy atom. The summed E-state index contributed by atoms with van der Waals surface area (Å²) in [6.07, 6.45) is 1.42. The predicted molar refractivity (Wildman–Crippen MR) is 102 cm³/mol. The molecule has 1 amide bonds. The molecule has 25 heavy (non-hydrogen) atoms. The Labute approximate surface area is 154 Å². The maximum Gasteiger partial charge on any atom is 0.261 e. The normalized spacial score (nSPS) is 11.4. The standard InChI is InChI=1S/C18H21BrN4O2/c1-3-22(4-2)9-10-23-15-8-6-5-7-14(15)20-18(23)21-17(24)13-11-16(19)25-12-13/h5-8,11-12H,3-4,9-10H2,1-2H3,(H,20,21,24). The third kappa shape index (κ3) is 3.93. The number of hydrogen-bond donors (Lipinski definition) is 1. The van der Waals surface area contributed by atoms with Crippen molar-refractivity contribution in [1.29, 1.82) is 0 Å². The van der Waals surface area contributed by atoms with Gasteiger partial charge in [0.05, 0.1) is 16.6 Å². The van der Waals surface area contributed by atoms with E-state index in [4.69, 9.17) is 4.42 Å². The first-order valence-electron chi connectivity index (χ1n) is 8.35. The smallest absolute Gasteiger partial charge is 0.261 e. The van der Waals surface area contributed by atoms with E-state index in [9.17, 15) is 4.79 Å². The molecule has 2 aromatic heterocycles. The van der Waals surface area contributed by atoms with Crippen LogP contribution in [0.15, 0.2) is 45.7 Å². The molecule has 7 heteroatoms. The number of likely N-dealkylation sites (N-methyl/N-ethyl adjacent to an activating group) is 1. The summed E-state index contributed by atoms with van der Waals surface area (Å²) in [5.74, 6) is 0.310. The first kappa shape index (κ1) is 17.7. The van der Waals surface area contributed by atoms with Gasteiger partial charge in [-0.05, 0) is 41.2 Å². The van der Waals surface area contributed by atoms with E-state index in [1.54, 1.807) is 6.07 Å². The van der Waals surface area contributed by atoms with E-state index >= 15 is 0 Å². The number of aromatic nitrogens is 2. The molecular weight excluding hydrogens is 384 g/mol. The molecule has 0 saturated heterocycles. The van der Waals surface area contributed by atoms with Gasteiger partial charge in [-0.15, -0.1) is 0 Å². The number of benzene rings is 1. The van der Waals surface area contributed by atoms with Gasteiger partial charge >= 0.3 is 0 Å². The van der Waals surface area contributed by atoms with Crippen molar-refractivity contribution in [3.63, 3.8) is 0 Å². The number of carbonyl (C=O) groups excluding carboxylic acids is 1. The number of imidazole rings is 1. The molecule has 6 nitrogen and oxygen atoms in total. The molecule has 0 aliphatic carbocycles. The average molecular weight is 405 g/mol. The fourth-order valence-corrected chi connectivity index (χ4v) is 3.12. The molecule has 0 aliphatic rings. The lowest BCUT2D eigenvalue weighted by molar-refractivity contribution is 0.102. The molecule has 1 aromatic carbocycles. The number of rotatable bonds is 7. The van der Waals surface area contributed by atoms with Gasteiger partial charge in [-0.1, -0.05) is 26.0 Å². The molecule has 2 heterocycles. The van der Waals surface area contributed by atoms with Crippen LogP contribution >= 0.6 is 15.9 Å². The van der Waals surface area contributed by atoms with Crippen LogP contribution in [-0.4, -0.2) is 40.0 Å². The van der Waals surface area contributed by atoms with Crippen LogP contribution in [0.25, 0.3) is 11.0 Å². The highest BCUT2D eigenvalue weighted by Crippen LogP contribution is 2.21. The summed E-state index contributed by atoms with van der Waals surface area (Å²) in [5.41, 5.74) is 2.33. The maximum atomic E-state index is 12.5. The summed E-state index contributed by atoms with van der Waals surface area (Å²) in [4.78, 5) is 19.4. The Kier molecular flexibility index (Phi) is 5.55. The second kappa shape index (κ2) is 7.84. The highest BCUT2D eigenvalue weighted by molar-refractivity contribution is 9.10. The Morgan fingerprint density at radius 2 is 2.08 bits per heavy atom. The van der Waals surface area contributed by atoms with Crippen LogP contribution in [0.4, 0.5) is 5.95 Å². The third-order valence-electron chi connectivity index (χ3n) is 4.24. The quantitative estimate of drug-likeness (QED) is 0.646. The van der Waals surface area contributed by atoms with Crippen molar-refractivity contribution < 1.29 is 9.21 Å². The van der Waals surface area contributed by atoms with Gasteiger partial charge in [0.25, 0.3) is 5.91 Å². The molecule has 3 aromatic rings. The fraction of sp³-hybridized carbons (Fsp3) is 0.333. The van der Waals surface area contributed by atoms with Crippen molar-refractivity contribution in [1.82, 2.24) is 14.5 Å². The number of nitrogens with zero attached hydrogens (tertiary/aromatic N) is 3. The van der Waals surface area contributed by atoms with Crippen molar-refractivity contribution in [2.24, 2.45) is 0 Å². The highest BCUT2D eigenvalue weighted by Gasteiger charge is 2.16. The Bertz CT molecular complexity index is 867. The lowest BCUT2D eigenvalue weighted by Crippen LogP contribution is -2.27. The molecule has 0 saturated carbocycles. The topological polar surface area (TPSA) is 63.3 Å². The number of para-hydroxylation sites is 2. The number of fused-ring (bicyclic) bond motifs is 1. The van der Waals surface area contributed by atoms with E-state index in [1.165, 1.54) is 6.26 Å². The summed E-state index contributed by atoms with van der Waals surface area (Å²) in [6, 6.07) is 9.54. The highest BCUT2D eigenvalue weighted by atomic mass is 79.9. The van der Waals surface area contributed by atoms with E-state index < -0.39 is 0 Å². The minimum atomic E-state index is -0.242. The summed E-state index contributed by atoms with van der Waals surface area (Å²) in [5, 5.41) is 2.90. The number of halogens is 1. The van der Waals surface area contributed by atoms with Crippen LogP contribution in [-0.2, 0) is 6.54 Å². The van der Waals surface area contributed by atoms with Gasteiger partial charge in [0, 0.05) is 19.2 Å². The van der Waals surface area contributed by atoms with Gasteiger partial charge in [-0.2, -0.15) is 0 Å². The van der Waals surface area contributed by atoms with Crippen LogP contribution in [0.5, 0.6) is 0 Å². The molecule has 0 aliphatic heterocycles. The average Bonchev–Trinajstić information content (AvgIpc) is 3.20. The summed E-state index contributed by atoms with van der Waals surface area (Å²) >= 11 is 3.21. The van der Waals surface area contributed by atoms with Crippen molar-refractivity contribution in [2.75, 3.05) is 25.0 Å². The lowest BCUT2D eigenvalue weighted by atomic mass is 10.3. The molecule has 0 radical (unpaired) electrons. The summed E-state index contributed by atoms with van der Waals surface area (Å²) in [7, 11) is 0. The number of anilines is 1. The number of amides is 1. The van der Waals surface area contributed by atoms with Crippen molar-refractivity contribution in [2.45, 2.75) is 20.4 Å². The zero-order valence-corrected chi connectivity index (χ0v) is 15.9. The molecule has 0 bridgehead atoms. The molecule has 0 atom stereocenters. The van der Waals surface area contributed by atoms with Crippen LogP contribution in [0.3, 0.4) is 0 Å². The lowest BCUT2D eigenvalue weighted by Gasteiger charge is -2.19.